The molecular weight excluding hydrogens is 347 g/mol. The molecule has 0 bridgehead atoms. The standard InChI is InChI=1S/C21H15FN2O3/c1-10-17-16(25)8-7-14-19(12-3-5-13(22)6-4-12)15(9-23)21(24)27-20(14)18(17)11(2)26-10/h3-8,19H,24H2,1-2H3/t19-/m1/s1. The Morgan fingerprint density at radius 2 is 1.74 bits per heavy atom. The number of rotatable bonds is 1. The molecule has 0 aliphatic carbocycles. The first-order chi connectivity index (χ1) is 12.9. The van der Waals surface area contributed by atoms with Crippen LogP contribution in [0, 0.1) is 31.0 Å². The van der Waals surface area contributed by atoms with Gasteiger partial charge in [0, 0.05) is 5.56 Å². The molecule has 2 heterocycles. The fourth-order valence-electron chi connectivity index (χ4n) is 3.64. The number of fused-ring (bicyclic) bond motifs is 3. The maximum absolute atomic E-state index is 13.4. The molecule has 3 aromatic rings. The Labute approximate surface area is 154 Å². The molecule has 4 rings (SSSR count). The minimum absolute atomic E-state index is 0.0440. The molecule has 0 saturated heterocycles. The number of ether oxygens (including phenoxy) is 1. The number of nitrogens with two attached hydrogens (primary N) is 1. The lowest BCUT2D eigenvalue weighted by molar-refractivity contribution is 0.398. The van der Waals surface area contributed by atoms with E-state index in [4.69, 9.17) is 14.9 Å². The zero-order valence-corrected chi connectivity index (χ0v) is 14.7. The Morgan fingerprint density at radius 1 is 1.07 bits per heavy atom. The molecule has 5 nitrogen and oxygen atoms in total. The third-order valence-electron chi connectivity index (χ3n) is 4.81. The molecule has 1 aromatic heterocycles. The first-order valence-corrected chi connectivity index (χ1v) is 8.32. The lowest BCUT2D eigenvalue weighted by Gasteiger charge is -2.25. The van der Waals surface area contributed by atoms with Gasteiger partial charge in [0.15, 0.2) is 5.43 Å². The van der Waals surface area contributed by atoms with Crippen LogP contribution >= 0.6 is 0 Å². The van der Waals surface area contributed by atoms with Gasteiger partial charge in [-0.05, 0) is 37.6 Å². The number of benzene rings is 1. The van der Waals surface area contributed by atoms with Gasteiger partial charge in [-0.3, -0.25) is 4.79 Å². The molecule has 134 valence electrons. The van der Waals surface area contributed by atoms with E-state index in [-0.39, 0.29) is 22.7 Å². The topological polar surface area (TPSA) is 89.2 Å². The van der Waals surface area contributed by atoms with Crippen LogP contribution in [-0.2, 0) is 0 Å². The van der Waals surface area contributed by atoms with Crippen LogP contribution in [0.3, 0.4) is 0 Å². The molecule has 1 aliphatic rings. The molecule has 2 N–H and O–H groups in total. The maximum atomic E-state index is 13.4. The van der Waals surface area contributed by atoms with E-state index in [1.165, 1.54) is 18.2 Å². The molecule has 27 heavy (non-hydrogen) atoms. The van der Waals surface area contributed by atoms with Crippen LogP contribution in [0.5, 0.6) is 5.75 Å². The Kier molecular flexibility index (Phi) is 3.74. The minimum Gasteiger partial charge on any atom is -0.465 e. The van der Waals surface area contributed by atoms with Gasteiger partial charge in [0.1, 0.15) is 34.7 Å². The third-order valence-corrected chi connectivity index (χ3v) is 4.81. The van der Waals surface area contributed by atoms with Gasteiger partial charge in [-0.25, -0.2) is 4.39 Å². The number of hydrogen-bond donors (Lipinski definition) is 1. The predicted molar refractivity (Wildman–Crippen MR) is 97.7 cm³/mol. The van der Waals surface area contributed by atoms with Crippen LogP contribution in [0.25, 0.3) is 10.8 Å². The van der Waals surface area contributed by atoms with Crippen molar-refractivity contribution < 1.29 is 13.5 Å². The van der Waals surface area contributed by atoms with Gasteiger partial charge in [-0.2, -0.15) is 5.26 Å². The number of aryl methyl sites for hydroxylation is 2. The van der Waals surface area contributed by atoms with E-state index in [0.29, 0.717) is 39.2 Å². The summed E-state index contributed by atoms with van der Waals surface area (Å²) in [6, 6.07) is 11.0. The van der Waals surface area contributed by atoms with Crippen molar-refractivity contribution in [2.24, 2.45) is 5.73 Å². The Balaban J connectivity index is 2.13. The quantitative estimate of drug-likeness (QED) is 0.712. The molecule has 0 radical (unpaired) electrons. The van der Waals surface area contributed by atoms with Gasteiger partial charge in [0.25, 0.3) is 0 Å². The van der Waals surface area contributed by atoms with E-state index >= 15 is 0 Å². The second-order valence-corrected chi connectivity index (χ2v) is 6.42. The summed E-state index contributed by atoms with van der Waals surface area (Å²) < 4.78 is 24.8. The largest absolute Gasteiger partial charge is 0.465 e. The number of nitriles is 1. The molecule has 0 saturated carbocycles. The zero-order valence-electron chi connectivity index (χ0n) is 14.7. The molecule has 2 aromatic carbocycles. The first-order valence-electron chi connectivity index (χ1n) is 8.32. The number of allylic oxidation sites excluding steroid dienone is 1. The molecule has 0 spiro atoms. The summed E-state index contributed by atoms with van der Waals surface area (Å²) in [6.45, 7) is 3.45. The SMILES string of the molecule is Cc1oc(C)c2c(=O)ccc3c(c12)OC(N)=C(C#N)[C@@H]3c1ccc(F)cc1. The van der Waals surface area contributed by atoms with E-state index in [1.807, 2.05) is 0 Å². The summed E-state index contributed by atoms with van der Waals surface area (Å²) in [5.41, 5.74) is 7.30. The number of hydrogen-bond acceptors (Lipinski definition) is 5. The highest BCUT2D eigenvalue weighted by atomic mass is 19.1. The van der Waals surface area contributed by atoms with Gasteiger partial charge in [0.05, 0.1) is 16.7 Å². The van der Waals surface area contributed by atoms with Crippen LogP contribution < -0.4 is 15.9 Å². The van der Waals surface area contributed by atoms with Crippen molar-refractivity contribution in [2.45, 2.75) is 19.8 Å². The van der Waals surface area contributed by atoms with E-state index < -0.39 is 5.92 Å². The molecule has 1 aliphatic heterocycles. The molecule has 0 amide bonds. The molecule has 0 fully saturated rings. The van der Waals surface area contributed by atoms with Crippen LogP contribution in [-0.4, -0.2) is 0 Å². The Morgan fingerprint density at radius 3 is 2.41 bits per heavy atom. The monoisotopic (exact) mass is 362 g/mol. The fraction of sp³-hybridized carbons (Fsp3) is 0.143. The number of furan rings is 1. The lowest BCUT2D eigenvalue weighted by atomic mass is 9.84. The summed E-state index contributed by atoms with van der Waals surface area (Å²) in [7, 11) is 0. The summed E-state index contributed by atoms with van der Waals surface area (Å²) >= 11 is 0. The molecule has 1 atom stereocenters. The Bertz CT molecular complexity index is 1220. The normalized spacial score (nSPS) is 16.0. The average molecular weight is 362 g/mol. The van der Waals surface area contributed by atoms with E-state index in [0.717, 1.165) is 0 Å². The average Bonchev–Trinajstić information content (AvgIpc) is 2.85. The highest BCUT2D eigenvalue weighted by Crippen LogP contribution is 2.45. The Hall–Kier alpha value is -3.59. The summed E-state index contributed by atoms with van der Waals surface area (Å²) in [6.07, 6.45) is 0. The van der Waals surface area contributed by atoms with Crippen molar-refractivity contribution in [3.63, 3.8) is 0 Å². The van der Waals surface area contributed by atoms with Gasteiger partial charge in [-0.15, -0.1) is 0 Å². The maximum Gasteiger partial charge on any atom is 0.205 e. The summed E-state index contributed by atoms with van der Waals surface area (Å²) in [4.78, 5) is 12.6. The van der Waals surface area contributed by atoms with Crippen molar-refractivity contribution in [1.82, 2.24) is 0 Å². The van der Waals surface area contributed by atoms with Crippen LogP contribution in [0.2, 0.25) is 0 Å². The summed E-state index contributed by atoms with van der Waals surface area (Å²) in [5.74, 6) is 0.388. The van der Waals surface area contributed by atoms with Crippen LogP contribution in [0.4, 0.5) is 4.39 Å². The van der Waals surface area contributed by atoms with E-state index in [9.17, 15) is 14.4 Å². The van der Waals surface area contributed by atoms with Crippen molar-refractivity contribution in [3.05, 3.63) is 86.5 Å². The van der Waals surface area contributed by atoms with Gasteiger partial charge >= 0.3 is 0 Å². The van der Waals surface area contributed by atoms with Crippen molar-refractivity contribution in [1.29, 1.82) is 5.26 Å². The second kappa shape index (κ2) is 5.99. The van der Waals surface area contributed by atoms with Gasteiger partial charge in [-0.1, -0.05) is 18.2 Å². The van der Waals surface area contributed by atoms with Crippen LogP contribution in [0.1, 0.15) is 28.6 Å². The molecule has 6 heteroatoms. The van der Waals surface area contributed by atoms with E-state index in [1.54, 1.807) is 32.0 Å². The number of nitrogens with zero attached hydrogens (tertiary/aromatic N) is 1. The van der Waals surface area contributed by atoms with Gasteiger partial charge < -0.3 is 14.9 Å². The highest BCUT2D eigenvalue weighted by molar-refractivity contribution is 5.93. The van der Waals surface area contributed by atoms with Crippen molar-refractivity contribution in [2.75, 3.05) is 0 Å². The van der Waals surface area contributed by atoms with Crippen molar-refractivity contribution in [3.8, 4) is 11.8 Å². The number of halogens is 1. The lowest BCUT2D eigenvalue weighted by Crippen LogP contribution is -2.20. The van der Waals surface area contributed by atoms with Crippen molar-refractivity contribution >= 4 is 10.8 Å². The third kappa shape index (κ3) is 2.48. The molecule has 0 unspecified atom stereocenters. The molecular formula is C21H15FN2O3. The minimum atomic E-state index is -0.580. The van der Waals surface area contributed by atoms with Gasteiger partial charge in [0.2, 0.25) is 5.88 Å². The smallest absolute Gasteiger partial charge is 0.205 e. The summed E-state index contributed by atoms with van der Waals surface area (Å²) in [5, 5.41) is 10.6. The zero-order chi connectivity index (χ0) is 19.3. The predicted octanol–water partition coefficient (Wildman–Crippen LogP) is 3.77. The fourth-order valence-corrected chi connectivity index (χ4v) is 3.64. The first kappa shape index (κ1) is 16.9. The highest BCUT2D eigenvalue weighted by Gasteiger charge is 2.32. The second-order valence-electron chi connectivity index (χ2n) is 6.42. The van der Waals surface area contributed by atoms with E-state index in [2.05, 4.69) is 6.07 Å². The van der Waals surface area contributed by atoms with Crippen LogP contribution in [0.15, 0.2) is 57.1 Å².